The Morgan fingerprint density at radius 3 is 2.39 bits per heavy atom. The number of sulfonamides is 2. The quantitative estimate of drug-likeness (QED) is 0.582. The van der Waals surface area contributed by atoms with E-state index in [4.69, 9.17) is 11.6 Å². The molecule has 0 bridgehead atoms. The first-order valence-electron chi connectivity index (χ1n) is 9.65. The minimum Gasteiger partial charge on any atom is -0.283 e. The zero-order valence-electron chi connectivity index (χ0n) is 16.5. The number of fused-ring (bicyclic) bond motifs is 1. The molecule has 0 saturated heterocycles. The van der Waals surface area contributed by atoms with E-state index in [0.29, 0.717) is 29.2 Å². The Balaban J connectivity index is 1.53. The number of halogens is 1. The summed E-state index contributed by atoms with van der Waals surface area (Å²) in [6.45, 7) is 0.570. The van der Waals surface area contributed by atoms with Crippen LogP contribution in [0.25, 0.3) is 0 Å². The highest BCUT2D eigenvalue weighted by Gasteiger charge is 2.28. The summed E-state index contributed by atoms with van der Waals surface area (Å²) in [6.07, 6.45) is 0.566. The fraction of sp³-hybridized carbons (Fsp3) is 0.182. The monoisotopic (exact) mass is 476 g/mol. The summed E-state index contributed by atoms with van der Waals surface area (Å²) in [6, 6.07) is 20.3. The summed E-state index contributed by atoms with van der Waals surface area (Å²) >= 11 is 5.94. The van der Waals surface area contributed by atoms with Crippen LogP contribution in [0.2, 0.25) is 5.02 Å². The summed E-state index contributed by atoms with van der Waals surface area (Å²) < 4.78 is 55.1. The predicted octanol–water partition coefficient (Wildman–Crippen LogP) is 4.03. The fourth-order valence-corrected chi connectivity index (χ4v) is 6.43. The molecule has 1 aliphatic rings. The van der Waals surface area contributed by atoms with E-state index in [2.05, 4.69) is 4.72 Å². The van der Waals surface area contributed by atoms with Crippen molar-refractivity contribution in [3.8, 4) is 0 Å². The Hall–Kier alpha value is -2.39. The molecule has 9 heteroatoms. The molecule has 3 aromatic rings. The summed E-state index contributed by atoms with van der Waals surface area (Å²) in [5.41, 5.74) is 2.78. The van der Waals surface area contributed by atoms with Gasteiger partial charge < -0.3 is 0 Å². The normalized spacial score (nSPS) is 14.7. The maximum absolute atomic E-state index is 12.9. The first kappa shape index (κ1) is 21.8. The zero-order valence-corrected chi connectivity index (χ0v) is 18.9. The number of hydrogen-bond donors (Lipinski definition) is 1. The molecule has 0 saturated carbocycles. The first-order chi connectivity index (χ1) is 14.7. The Bertz CT molecular complexity index is 1310. The summed E-state index contributed by atoms with van der Waals surface area (Å²) in [5, 5.41) is 0.473. The molecule has 0 amide bonds. The van der Waals surface area contributed by atoms with Crippen LogP contribution in [-0.4, -0.2) is 27.7 Å². The van der Waals surface area contributed by atoms with Crippen LogP contribution in [0.3, 0.4) is 0 Å². The molecule has 1 heterocycles. The van der Waals surface area contributed by atoms with Gasteiger partial charge in [-0.25, -0.2) is 16.8 Å². The van der Waals surface area contributed by atoms with Gasteiger partial charge in [-0.3, -0.25) is 4.72 Å². The van der Waals surface area contributed by atoms with Crippen molar-refractivity contribution in [1.82, 2.24) is 4.31 Å². The van der Waals surface area contributed by atoms with Gasteiger partial charge in [0.05, 0.1) is 10.6 Å². The molecule has 0 atom stereocenters. The van der Waals surface area contributed by atoms with Gasteiger partial charge in [-0.15, -0.1) is 0 Å². The van der Waals surface area contributed by atoms with Gasteiger partial charge in [-0.05, 0) is 59.5 Å². The van der Waals surface area contributed by atoms with Crippen LogP contribution in [-0.2, 0) is 38.8 Å². The molecule has 162 valence electrons. The van der Waals surface area contributed by atoms with Crippen LogP contribution in [0.4, 0.5) is 5.69 Å². The Kier molecular flexibility index (Phi) is 6.07. The average molecular weight is 477 g/mol. The van der Waals surface area contributed by atoms with E-state index in [-0.39, 0.29) is 17.2 Å². The van der Waals surface area contributed by atoms with Crippen molar-refractivity contribution in [2.24, 2.45) is 0 Å². The molecule has 6 nitrogen and oxygen atoms in total. The smallest absolute Gasteiger partial charge is 0.243 e. The van der Waals surface area contributed by atoms with Crippen molar-refractivity contribution in [3.63, 3.8) is 0 Å². The maximum atomic E-state index is 12.9. The topological polar surface area (TPSA) is 83.6 Å². The van der Waals surface area contributed by atoms with E-state index in [0.717, 1.165) is 11.1 Å². The van der Waals surface area contributed by atoms with Gasteiger partial charge in [-0.2, -0.15) is 4.31 Å². The number of hydrogen-bond acceptors (Lipinski definition) is 4. The number of nitrogens with zero attached hydrogens (tertiary/aromatic N) is 1. The highest BCUT2D eigenvalue weighted by molar-refractivity contribution is 7.91. The molecule has 31 heavy (non-hydrogen) atoms. The van der Waals surface area contributed by atoms with Crippen LogP contribution in [0.15, 0.2) is 77.7 Å². The van der Waals surface area contributed by atoms with Crippen molar-refractivity contribution < 1.29 is 16.8 Å². The van der Waals surface area contributed by atoms with E-state index in [1.807, 2.05) is 6.07 Å². The fourth-order valence-electron chi connectivity index (χ4n) is 3.60. The minimum absolute atomic E-state index is 0.191. The summed E-state index contributed by atoms with van der Waals surface area (Å²) in [4.78, 5) is 0.247. The van der Waals surface area contributed by atoms with Crippen LogP contribution in [0, 0.1) is 0 Å². The van der Waals surface area contributed by atoms with Gasteiger partial charge in [0, 0.05) is 23.8 Å². The number of anilines is 1. The lowest BCUT2D eigenvalue weighted by molar-refractivity contribution is 0.391. The molecule has 3 aromatic carbocycles. The Morgan fingerprint density at radius 2 is 1.65 bits per heavy atom. The lowest BCUT2D eigenvalue weighted by atomic mass is 10.0. The molecule has 1 N–H and O–H groups in total. The SMILES string of the molecule is O=S(=O)(Cc1cccc(Cl)c1)Nc1ccc2c(c1)CN(S(=O)(=O)c1ccccc1)CC2. The zero-order chi connectivity index (χ0) is 22.1. The summed E-state index contributed by atoms with van der Waals surface area (Å²) in [5.74, 6) is -0.209. The standard InChI is InChI=1S/C22H21ClN2O4S2/c23-20-6-4-5-17(13-20)16-30(26,27)24-21-10-9-18-11-12-25(15-19(18)14-21)31(28,29)22-7-2-1-3-8-22/h1-10,13-14,24H,11-12,15-16H2. The van der Waals surface area contributed by atoms with Gasteiger partial charge in [0.15, 0.2) is 0 Å². The molecule has 0 spiro atoms. The van der Waals surface area contributed by atoms with Crippen molar-refractivity contribution >= 4 is 37.3 Å². The first-order valence-corrected chi connectivity index (χ1v) is 13.1. The van der Waals surface area contributed by atoms with E-state index in [9.17, 15) is 16.8 Å². The number of rotatable bonds is 6. The molecule has 0 unspecified atom stereocenters. The van der Waals surface area contributed by atoms with Crippen LogP contribution >= 0.6 is 11.6 Å². The highest BCUT2D eigenvalue weighted by Crippen LogP contribution is 2.27. The highest BCUT2D eigenvalue weighted by atomic mass is 35.5. The van der Waals surface area contributed by atoms with Crippen molar-refractivity contribution in [3.05, 3.63) is 94.5 Å². The van der Waals surface area contributed by atoms with Crippen LogP contribution < -0.4 is 4.72 Å². The second kappa shape index (κ2) is 8.63. The molecule has 0 radical (unpaired) electrons. The predicted molar refractivity (Wildman–Crippen MR) is 122 cm³/mol. The lowest BCUT2D eigenvalue weighted by Gasteiger charge is -2.28. The molecular formula is C22H21ClN2O4S2. The third-order valence-corrected chi connectivity index (χ3v) is 8.44. The number of benzene rings is 3. The molecule has 0 fully saturated rings. The maximum Gasteiger partial charge on any atom is 0.243 e. The molecule has 0 aromatic heterocycles. The van der Waals surface area contributed by atoms with Crippen molar-refractivity contribution in [1.29, 1.82) is 0 Å². The number of nitrogens with one attached hydrogen (secondary N) is 1. The van der Waals surface area contributed by atoms with Gasteiger partial charge in [-0.1, -0.05) is 48.0 Å². The Labute approximate surface area is 187 Å². The van der Waals surface area contributed by atoms with Crippen molar-refractivity contribution in [2.45, 2.75) is 23.6 Å². The third kappa shape index (κ3) is 5.10. The molecule has 0 aliphatic carbocycles. The molecular weight excluding hydrogens is 456 g/mol. The third-order valence-electron chi connectivity index (χ3n) is 5.08. The van der Waals surface area contributed by atoms with E-state index in [1.54, 1.807) is 66.7 Å². The van der Waals surface area contributed by atoms with E-state index in [1.165, 1.54) is 4.31 Å². The Morgan fingerprint density at radius 1 is 0.871 bits per heavy atom. The van der Waals surface area contributed by atoms with Gasteiger partial charge in [0.1, 0.15) is 0 Å². The van der Waals surface area contributed by atoms with Crippen molar-refractivity contribution in [2.75, 3.05) is 11.3 Å². The largest absolute Gasteiger partial charge is 0.283 e. The second-order valence-corrected chi connectivity index (χ2v) is 11.5. The van der Waals surface area contributed by atoms with Crippen LogP contribution in [0.5, 0.6) is 0 Å². The van der Waals surface area contributed by atoms with E-state index >= 15 is 0 Å². The lowest BCUT2D eigenvalue weighted by Crippen LogP contribution is -2.36. The average Bonchev–Trinajstić information content (AvgIpc) is 2.73. The molecule has 4 rings (SSSR count). The summed E-state index contributed by atoms with van der Waals surface area (Å²) in [7, 11) is -7.27. The van der Waals surface area contributed by atoms with Crippen LogP contribution in [0.1, 0.15) is 16.7 Å². The van der Waals surface area contributed by atoms with E-state index < -0.39 is 20.0 Å². The minimum atomic E-state index is -3.66. The van der Waals surface area contributed by atoms with Gasteiger partial charge in [0.25, 0.3) is 0 Å². The molecule has 1 aliphatic heterocycles. The second-order valence-electron chi connectivity index (χ2n) is 7.38. The van der Waals surface area contributed by atoms with Gasteiger partial charge >= 0.3 is 0 Å². The van der Waals surface area contributed by atoms with Gasteiger partial charge in [0.2, 0.25) is 20.0 Å².